The van der Waals surface area contributed by atoms with Gasteiger partial charge < -0.3 is 9.84 Å². The average molecular weight is 281 g/mol. The molecular formula is C13H9F2NO4. The van der Waals surface area contributed by atoms with Gasteiger partial charge in [-0.3, -0.25) is 10.1 Å². The highest BCUT2D eigenvalue weighted by Crippen LogP contribution is 2.30. The van der Waals surface area contributed by atoms with Crippen LogP contribution >= 0.6 is 0 Å². The van der Waals surface area contributed by atoms with Crippen molar-refractivity contribution >= 4 is 5.69 Å². The van der Waals surface area contributed by atoms with Crippen molar-refractivity contribution in [2.24, 2.45) is 0 Å². The largest absolute Gasteiger partial charge is 0.454 e. The van der Waals surface area contributed by atoms with E-state index in [1.165, 1.54) is 18.2 Å². The van der Waals surface area contributed by atoms with Crippen molar-refractivity contribution in [3.63, 3.8) is 0 Å². The van der Waals surface area contributed by atoms with E-state index >= 15 is 0 Å². The SMILES string of the molecule is O=[N+]([O-])c1ccc(Oc2cccc(F)c2F)c(CO)c1. The molecule has 0 saturated carbocycles. The first-order valence-electron chi connectivity index (χ1n) is 5.53. The van der Waals surface area contributed by atoms with Gasteiger partial charge in [0.2, 0.25) is 5.82 Å². The minimum absolute atomic E-state index is 0.0163. The van der Waals surface area contributed by atoms with Crippen LogP contribution in [0, 0.1) is 21.7 Å². The second-order valence-corrected chi connectivity index (χ2v) is 3.86. The number of nitro benzene ring substituents is 1. The average Bonchev–Trinajstić information content (AvgIpc) is 2.44. The summed E-state index contributed by atoms with van der Waals surface area (Å²) in [6, 6.07) is 6.87. The smallest absolute Gasteiger partial charge is 0.270 e. The van der Waals surface area contributed by atoms with Crippen molar-refractivity contribution in [2.45, 2.75) is 6.61 Å². The third kappa shape index (κ3) is 2.72. The van der Waals surface area contributed by atoms with Crippen molar-refractivity contribution in [1.82, 2.24) is 0 Å². The van der Waals surface area contributed by atoms with E-state index < -0.39 is 23.2 Å². The number of rotatable bonds is 4. The van der Waals surface area contributed by atoms with E-state index in [2.05, 4.69) is 0 Å². The lowest BCUT2D eigenvalue weighted by Crippen LogP contribution is -1.97. The van der Waals surface area contributed by atoms with Crippen LogP contribution in [0.4, 0.5) is 14.5 Å². The van der Waals surface area contributed by atoms with Gasteiger partial charge in [-0.2, -0.15) is 4.39 Å². The van der Waals surface area contributed by atoms with E-state index in [9.17, 15) is 18.9 Å². The molecule has 0 aliphatic carbocycles. The fourth-order valence-electron chi connectivity index (χ4n) is 1.58. The number of non-ortho nitro benzene ring substituents is 1. The molecule has 0 aliphatic rings. The summed E-state index contributed by atoms with van der Waals surface area (Å²) in [5, 5.41) is 19.8. The van der Waals surface area contributed by atoms with Crippen LogP contribution in [-0.4, -0.2) is 10.0 Å². The van der Waals surface area contributed by atoms with Crippen LogP contribution in [0.15, 0.2) is 36.4 Å². The van der Waals surface area contributed by atoms with E-state index in [0.717, 1.165) is 18.2 Å². The highest BCUT2D eigenvalue weighted by molar-refractivity contribution is 5.45. The molecule has 0 aliphatic heterocycles. The number of ether oxygens (including phenoxy) is 1. The molecule has 104 valence electrons. The number of nitrogens with zero attached hydrogens (tertiary/aromatic N) is 1. The van der Waals surface area contributed by atoms with Gasteiger partial charge in [-0.1, -0.05) is 6.07 Å². The summed E-state index contributed by atoms with van der Waals surface area (Å²) in [5.41, 5.74) is -0.135. The molecule has 2 aromatic rings. The standard InChI is InChI=1S/C13H9F2NO4/c14-10-2-1-3-12(13(10)15)20-11-5-4-9(16(18)19)6-8(11)7-17/h1-6,17H,7H2. The third-order valence-corrected chi connectivity index (χ3v) is 2.56. The zero-order chi connectivity index (χ0) is 14.7. The molecule has 0 saturated heterocycles. The van der Waals surface area contributed by atoms with E-state index in [-0.39, 0.29) is 22.7 Å². The zero-order valence-corrected chi connectivity index (χ0v) is 10.0. The molecule has 2 aromatic carbocycles. The molecule has 20 heavy (non-hydrogen) atoms. The van der Waals surface area contributed by atoms with Crippen molar-refractivity contribution in [2.75, 3.05) is 0 Å². The van der Waals surface area contributed by atoms with Crippen molar-refractivity contribution in [1.29, 1.82) is 0 Å². The van der Waals surface area contributed by atoms with Crippen LogP contribution in [0.5, 0.6) is 11.5 Å². The number of aliphatic hydroxyl groups excluding tert-OH is 1. The molecule has 5 nitrogen and oxygen atoms in total. The molecule has 0 unspecified atom stereocenters. The highest BCUT2D eigenvalue weighted by atomic mass is 19.2. The normalized spacial score (nSPS) is 10.3. The Morgan fingerprint density at radius 1 is 1.20 bits per heavy atom. The molecule has 0 heterocycles. The fraction of sp³-hybridized carbons (Fsp3) is 0.0769. The minimum Gasteiger partial charge on any atom is -0.454 e. The number of benzene rings is 2. The van der Waals surface area contributed by atoms with Gasteiger partial charge in [-0.15, -0.1) is 0 Å². The topological polar surface area (TPSA) is 72.6 Å². The molecule has 2 rings (SSSR count). The molecule has 0 aromatic heterocycles. The van der Waals surface area contributed by atoms with Crippen LogP contribution in [0.3, 0.4) is 0 Å². The number of nitro groups is 1. The predicted octanol–water partition coefficient (Wildman–Crippen LogP) is 3.16. The van der Waals surface area contributed by atoms with Gasteiger partial charge in [0.1, 0.15) is 5.75 Å². The third-order valence-electron chi connectivity index (χ3n) is 2.56. The Labute approximate surface area is 112 Å². The monoisotopic (exact) mass is 281 g/mol. The van der Waals surface area contributed by atoms with Gasteiger partial charge in [0.05, 0.1) is 11.5 Å². The summed E-state index contributed by atoms with van der Waals surface area (Å²) < 4.78 is 31.6. The number of aliphatic hydroxyl groups is 1. The van der Waals surface area contributed by atoms with Crippen LogP contribution in [0.2, 0.25) is 0 Å². The number of hydrogen-bond donors (Lipinski definition) is 1. The van der Waals surface area contributed by atoms with Gasteiger partial charge in [0.25, 0.3) is 5.69 Å². The van der Waals surface area contributed by atoms with Crippen LogP contribution in [0.1, 0.15) is 5.56 Å². The van der Waals surface area contributed by atoms with E-state index in [1.807, 2.05) is 0 Å². The van der Waals surface area contributed by atoms with Crippen molar-refractivity contribution in [3.8, 4) is 11.5 Å². The molecule has 0 spiro atoms. The Balaban J connectivity index is 2.38. The summed E-state index contributed by atoms with van der Waals surface area (Å²) in [5.74, 6) is -2.60. The molecule has 0 bridgehead atoms. The molecule has 1 N–H and O–H groups in total. The van der Waals surface area contributed by atoms with E-state index in [4.69, 9.17) is 9.84 Å². The van der Waals surface area contributed by atoms with Gasteiger partial charge in [0.15, 0.2) is 11.6 Å². The summed E-state index contributed by atoms with van der Waals surface area (Å²) in [4.78, 5) is 9.98. The zero-order valence-electron chi connectivity index (χ0n) is 10.0. The second-order valence-electron chi connectivity index (χ2n) is 3.86. The van der Waals surface area contributed by atoms with Crippen molar-refractivity contribution < 1.29 is 23.5 Å². The first-order valence-corrected chi connectivity index (χ1v) is 5.53. The Kier molecular flexibility index (Phi) is 3.90. The first kappa shape index (κ1) is 13.9. The van der Waals surface area contributed by atoms with Gasteiger partial charge in [-0.25, -0.2) is 4.39 Å². The predicted molar refractivity (Wildman–Crippen MR) is 65.5 cm³/mol. The molecule has 0 fully saturated rings. The lowest BCUT2D eigenvalue weighted by atomic mass is 10.2. The number of hydrogen-bond acceptors (Lipinski definition) is 4. The maximum Gasteiger partial charge on any atom is 0.270 e. The Morgan fingerprint density at radius 2 is 1.95 bits per heavy atom. The van der Waals surface area contributed by atoms with Gasteiger partial charge in [-0.05, 0) is 18.2 Å². The first-order chi connectivity index (χ1) is 9.52. The Hall–Kier alpha value is -2.54. The van der Waals surface area contributed by atoms with Gasteiger partial charge in [0, 0.05) is 17.7 Å². The fourth-order valence-corrected chi connectivity index (χ4v) is 1.58. The summed E-state index contributed by atoms with van der Waals surface area (Å²) in [6.45, 7) is -0.534. The Morgan fingerprint density at radius 3 is 2.60 bits per heavy atom. The van der Waals surface area contributed by atoms with E-state index in [0.29, 0.717) is 0 Å². The van der Waals surface area contributed by atoms with Crippen LogP contribution in [-0.2, 0) is 6.61 Å². The Bertz CT molecular complexity index is 661. The molecular weight excluding hydrogens is 272 g/mol. The second kappa shape index (κ2) is 5.62. The molecule has 7 heteroatoms. The summed E-state index contributed by atoms with van der Waals surface area (Å²) in [7, 11) is 0. The van der Waals surface area contributed by atoms with E-state index in [1.54, 1.807) is 0 Å². The van der Waals surface area contributed by atoms with Crippen molar-refractivity contribution in [3.05, 3.63) is 63.7 Å². The molecule has 0 amide bonds. The maximum absolute atomic E-state index is 13.5. The number of halogens is 2. The molecule has 0 atom stereocenters. The molecule has 0 radical (unpaired) electrons. The maximum atomic E-state index is 13.5. The van der Waals surface area contributed by atoms with Crippen LogP contribution < -0.4 is 4.74 Å². The quantitative estimate of drug-likeness (QED) is 0.690. The summed E-state index contributed by atoms with van der Waals surface area (Å²) >= 11 is 0. The lowest BCUT2D eigenvalue weighted by Gasteiger charge is -2.10. The summed E-state index contributed by atoms with van der Waals surface area (Å²) in [6.07, 6.45) is 0. The lowest BCUT2D eigenvalue weighted by molar-refractivity contribution is -0.385. The van der Waals surface area contributed by atoms with Gasteiger partial charge >= 0.3 is 0 Å². The minimum atomic E-state index is -1.17. The van der Waals surface area contributed by atoms with Crippen LogP contribution in [0.25, 0.3) is 0 Å². The highest BCUT2D eigenvalue weighted by Gasteiger charge is 2.15.